The first-order valence-corrected chi connectivity index (χ1v) is 10.9. The maximum absolute atomic E-state index is 14.7. The molecule has 178 valence electrons. The fourth-order valence-electron chi connectivity index (χ4n) is 3.11. The molecule has 0 aliphatic rings. The minimum absolute atomic E-state index is 0.0318. The van der Waals surface area contributed by atoms with Gasteiger partial charge in [-0.1, -0.05) is 28.1 Å². The average molecular weight is 540 g/mol. The van der Waals surface area contributed by atoms with Gasteiger partial charge in [0, 0.05) is 35.2 Å². The fraction of sp³-hybridized carbons (Fsp3) is 0.0435. The molecule has 2 aromatic carbocycles. The summed E-state index contributed by atoms with van der Waals surface area (Å²) < 4.78 is 17.2. The number of amides is 1. The van der Waals surface area contributed by atoms with Crippen molar-refractivity contribution in [2.45, 2.75) is 0 Å². The first-order chi connectivity index (χ1) is 16.8. The molecule has 0 saturated heterocycles. The number of nitrogens with one attached hydrogen (secondary N) is 3. The lowest BCUT2D eigenvalue weighted by molar-refractivity contribution is -0.112. The second-order valence-electron chi connectivity index (χ2n) is 7.30. The van der Waals surface area contributed by atoms with Crippen LogP contribution in [-0.4, -0.2) is 35.9 Å². The minimum atomic E-state index is -1.14. The number of rotatable bonds is 7. The molecule has 0 saturated carbocycles. The van der Waals surface area contributed by atoms with Gasteiger partial charge in [0.05, 0.1) is 23.6 Å². The Hall–Kier alpha value is -4.45. The van der Waals surface area contributed by atoms with Gasteiger partial charge in [0.1, 0.15) is 11.6 Å². The van der Waals surface area contributed by atoms with Gasteiger partial charge < -0.3 is 26.2 Å². The Morgan fingerprint density at radius 1 is 1.09 bits per heavy atom. The normalized spacial score (nSPS) is 10.5. The first kappa shape index (κ1) is 23.7. The van der Waals surface area contributed by atoms with Crippen LogP contribution in [0.15, 0.2) is 77.5 Å². The van der Waals surface area contributed by atoms with Gasteiger partial charge in [-0.25, -0.2) is 9.37 Å². The highest BCUT2D eigenvalue weighted by Gasteiger charge is 2.14. The number of hydrogen-bond acceptors (Lipinski definition) is 8. The largest absolute Gasteiger partial charge is 0.481 e. The minimum Gasteiger partial charge on any atom is -0.481 e. The Labute approximate surface area is 207 Å². The second kappa shape index (κ2) is 10.2. The summed E-state index contributed by atoms with van der Waals surface area (Å²) in [6.45, 7) is 0. The average Bonchev–Trinajstić information content (AvgIpc) is 3.21. The summed E-state index contributed by atoms with van der Waals surface area (Å²) in [5, 5.41) is 30.2. The van der Waals surface area contributed by atoms with Crippen LogP contribution in [0.1, 0.15) is 0 Å². The number of carbonyl (C=O) groups is 1. The van der Waals surface area contributed by atoms with Crippen LogP contribution in [0.3, 0.4) is 0 Å². The molecular formula is C23H19BrFN7O3. The van der Waals surface area contributed by atoms with Crippen molar-refractivity contribution in [1.29, 1.82) is 0 Å². The van der Waals surface area contributed by atoms with Crippen molar-refractivity contribution in [3.8, 4) is 11.1 Å². The molecule has 35 heavy (non-hydrogen) atoms. The van der Waals surface area contributed by atoms with Gasteiger partial charge in [-0.3, -0.25) is 9.48 Å². The Balaban J connectivity index is 1.70. The zero-order valence-corrected chi connectivity index (χ0v) is 19.8. The van der Waals surface area contributed by atoms with E-state index in [1.54, 1.807) is 30.3 Å². The van der Waals surface area contributed by atoms with Gasteiger partial charge in [0.25, 0.3) is 11.9 Å². The molecule has 0 unspecified atom stereocenters. The van der Waals surface area contributed by atoms with Crippen molar-refractivity contribution in [1.82, 2.24) is 19.7 Å². The van der Waals surface area contributed by atoms with Crippen LogP contribution in [0.2, 0.25) is 0 Å². The van der Waals surface area contributed by atoms with E-state index in [1.165, 1.54) is 12.1 Å². The van der Waals surface area contributed by atoms with Gasteiger partial charge >= 0.3 is 0 Å². The highest BCUT2D eigenvalue weighted by molar-refractivity contribution is 9.10. The van der Waals surface area contributed by atoms with E-state index >= 15 is 0 Å². The molecule has 0 aliphatic heterocycles. The van der Waals surface area contributed by atoms with Crippen LogP contribution < -0.4 is 16.0 Å². The van der Waals surface area contributed by atoms with Crippen molar-refractivity contribution in [3.63, 3.8) is 0 Å². The van der Waals surface area contributed by atoms with Gasteiger partial charge in [-0.2, -0.15) is 10.1 Å². The SMILES string of the molecule is Cn1cc(Nc2ncc(-c3ccc(Br)cc3)c(Nc3cc(NC(=O)C=C(O)O)ccc3F)n2)cn1. The summed E-state index contributed by atoms with van der Waals surface area (Å²) in [4.78, 5) is 20.7. The van der Waals surface area contributed by atoms with Crippen LogP contribution in [0, 0.1) is 5.82 Å². The number of hydrogen-bond donors (Lipinski definition) is 5. The maximum Gasteiger partial charge on any atom is 0.279 e. The Morgan fingerprint density at radius 2 is 1.86 bits per heavy atom. The lowest BCUT2D eigenvalue weighted by atomic mass is 10.1. The quantitative estimate of drug-likeness (QED) is 0.160. The number of aryl methyl sites for hydroxylation is 1. The zero-order valence-electron chi connectivity index (χ0n) is 18.2. The predicted molar refractivity (Wildman–Crippen MR) is 133 cm³/mol. The highest BCUT2D eigenvalue weighted by Crippen LogP contribution is 2.32. The maximum atomic E-state index is 14.7. The number of aliphatic hydroxyl groups excluding tert-OH is 1. The van der Waals surface area contributed by atoms with E-state index in [0.717, 1.165) is 16.1 Å². The second-order valence-corrected chi connectivity index (χ2v) is 8.22. The van der Waals surface area contributed by atoms with Crippen molar-refractivity contribution < 1.29 is 19.4 Å². The number of nitrogens with zero attached hydrogens (tertiary/aromatic N) is 4. The number of anilines is 5. The zero-order chi connectivity index (χ0) is 24.9. The molecule has 2 heterocycles. The van der Waals surface area contributed by atoms with Crippen molar-refractivity contribution in [2.24, 2.45) is 7.05 Å². The van der Waals surface area contributed by atoms with Crippen LogP contribution >= 0.6 is 15.9 Å². The van der Waals surface area contributed by atoms with E-state index in [9.17, 15) is 9.18 Å². The molecule has 0 bridgehead atoms. The molecule has 0 spiro atoms. The predicted octanol–water partition coefficient (Wildman–Crippen LogP) is 5.16. The van der Waals surface area contributed by atoms with Gasteiger partial charge in [-0.15, -0.1) is 0 Å². The molecule has 0 radical (unpaired) electrons. The van der Waals surface area contributed by atoms with Crippen molar-refractivity contribution in [3.05, 3.63) is 83.4 Å². The third-order valence-electron chi connectivity index (χ3n) is 4.65. The molecule has 2 aromatic heterocycles. The van der Waals surface area contributed by atoms with Crippen molar-refractivity contribution >= 4 is 50.7 Å². The summed E-state index contributed by atoms with van der Waals surface area (Å²) in [5.74, 6) is -1.95. The fourth-order valence-corrected chi connectivity index (χ4v) is 3.38. The standard InChI is InChI=1S/C23H19BrFN7O3/c1-32-12-16(10-27-32)29-23-26-11-17(13-2-4-14(24)5-3-13)22(31-23)30-19-8-15(6-7-18(19)25)28-20(33)9-21(34)35/h2-12,34-35H,1H3,(H,28,33)(H2,26,29,30,31). The van der Waals surface area contributed by atoms with E-state index in [0.29, 0.717) is 23.1 Å². The number of carbonyl (C=O) groups excluding carboxylic acids is 1. The van der Waals surface area contributed by atoms with Crippen molar-refractivity contribution in [2.75, 3.05) is 16.0 Å². The van der Waals surface area contributed by atoms with Crippen LogP contribution in [0.5, 0.6) is 0 Å². The highest BCUT2D eigenvalue weighted by atomic mass is 79.9. The number of benzene rings is 2. The lowest BCUT2D eigenvalue weighted by Gasteiger charge is -2.14. The molecule has 4 rings (SSSR count). The van der Waals surface area contributed by atoms with Gasteiger partial charge in [0.2, 0.25) is 5.95 Å². The number of aliphatic hydroxyl groups is 2. The molecule has 10 nitrogen and oxygen atoms in total. The summed E-state index contributed by atoms with van der Waals surface area (Å²) in [6.07, 6.45) is 5.56. The Morgan fingerprint density at radius 3 is 2.54 bits per heavy atom. The molecule has 4 aromatic rings. The summed E-state index contributed by atoms with van der Waals surface area (Å²) in [6, 6.07) is 11.3. The third kappa shape index (κ3) is 6.12. The smallest absolute Gasteiger partial charge is 0.279 e. The van der Waals surface area contributed by atoms with Gasteiger partial charge in [0.15, 0.2) is 0 Å². The Bertz CT molecular complexity index is 1400. The topological polar surface area (TPSA) is 137 Å². The number of halogens is 2. The molecular weight excluding hydrogens is 521 g/mol. The molecule has 0 fully saturated rings. The van der Waals surface area contributed by atoms with Gasteiger partial charge in [-0.05, 0) is 35.9 Å². The van der Waals surface area contributed by atoms with E-state index < -0.39 is 17.7 Å². The first-order valence-electron chi connectivity index (χ1n) is 10.1. The van der Waals surface area contributed by atoms with E-state index in [4.69, 9.17) is 10.2 Å². The van der Waals surface area contributed by atoms with Crippen LogP contribution in [0.25, 0.3) is 11.1 Å². The molecule has 1 amide bonds. The summed E-state index contributed by atoms with van der Waals surface area (Å²) >= 11 is 3.41. The lowest BCUT2D eigenvalue weighted by Crippen LogP contribution is -2.10. The van der Waals surface area contributed by atoms with E-state index in [1.807, 2.05) is 24.3 Å². The summed E-state index contributed by atoms with van der Waals surface area (Å²) in [7, 11) is 1.78. The van der Waals surface area contributed by atoms with E-state index in [-0.39, 0.29) is 17.3 Å². The number of aromatic nitrogens is 4. The Kier molecular flexibility index (Phi) is 6.92. The monoisotopic (exact) mass is 539 g/mol. The van der Waals surface area contributed by atoms with Crippen LogP contribution in [-0.2, 0) is 11.8 Å². The molecule has 0 atom stereocenters. The van der Waals surface area contributed by atoms with E-state index in [2.05, 4.69) is 46.9 Å². The molecule has 12 heteroatoms. The summed E-state index contributed by atoms with van der Waals surface area (Å²) in [5.41, 5.74) is 2.33. The molecule has 5 N–H and O–H groups in total. The molecule has 0 aliphatic carbocycles. The third-order valence-corrected chi connectivity index (χ3v) is 5.18. The van der Waals surface area contributed by atoms with Crippen LogP contribution in [0.4, 0.5) is 33.2 Å².